The number of aliphatic hydroxyl groups is 1. The predicted octanol–water partition coefficient (Wildman–Crippen LogP) is 5.76. The third kappa shape index (κ3) is 3.92. The molecule has 1 aromatic heterocycles. The maximum Gasteiger partial charge on any atom is 0.217 e. The van der Waals surface area contributed by atoms with E-state index in [9.17, 15) is 5.11 Å². The topological polar surface area (TPSA) is 45.6 Å². The van der Waals surface area contributed by atoms with Crippen molar-refractivity contribution in [1.29, 1.82) is 0 Å². The molecule has 4 nitrogen and oxygen atoms in total. The van der Waals surface area contributed by atoms with Gasteiger partial charge in [-0.1, -0.05) is 70.5 Å². The van der Waals surface area contributed by atoms with Gasteiger partial charge in [-0.15, -0.1) is 0 Å². The van der Waals surface area contributed by atoms with Gasteiger partial charge < -0.3 is 14.7 Å². The van der Waals surface area contributed by atoms with Crippen molar-refractivity contribution in [2.75, 3.05) is 27.7 Å². The van der Waals surface area contributed by atoms with Crippen LogP contribution in [0.15, 0.2) is 83.3 Å². The van der Waals surface area contributed by atoms with Crippen molar-refractivity contribution in [2.24, 2.45) is 5.92 Å². The van der Waals surface area contributed by atoms with Crippen LogP contribution in [0.5, 0.6) is 5.88 Å². The normalized spacial score (nSPS) is 20.5. The number of methoxy groups -OCH3 is 1. The standard InChI is InChI=1S/C29H29BrN2O2/c1-32(2)18-22-15-20-11-7-8-12-25(20)29(22,33)27(19-9-5-4-6-10-19)24-17-21-16-23(30)13-14-26(21)31-28(24)34-3/h4-14,16-17,22,27,33H,15,18H2,1-3H3/t22-,27+,29+/m1/s1. The lowest BCUT2D eigenvalue weighted by Gasteiger charge is -2.40. The van der Waals surface area contributed by atoms with E-state index in [1.807, 2.05) is 36.4 Å². The number of pyridine rings is 1. The minimum Gasteiger partial charge on any atom is -0.481 e. The Kier molecular flexibility index (Phi) is 6.19. The Morgan fingerprint density at radius 2 is 1.79 bits per heavy atom. The molecule has 174 valence electrons. The lowest BCUT2D eigenvalue weighted by Crippen LogP contribution is -2.43. The highest BCUT2D eigenvalue weighted by Crippen LogP contribution is 2.54. The lowest BCUT2D eigenvalue weighted by atomic mass is 9.70. The van der Waals surface area contributed by atoms with Crippen LogP contribution in [-0.2, 0) is 12.0 Å². The Morgan fingerprint density at radius 1 is 1.06 bits per heavy atom. The minimum atomic E-state index is -1.13. The maximum absolute atomic E-state index is 12.8. The van der Waals surface area contributed by atoms with Crippen LogP contribution in [0.4, 0.5) is 0 Å². The van der Waals surface area contributed by atoms with Crippen molar-refractivity contribution >= 4 is 26.8 Å². The van der Waals surface area contributed by atoms with Gasteiger partial charge >= 0.3 is 0 Å². The molecule has 3 aromatic carbocycles. The number of halogens is 1. The summed E-state index contributed by atoms with van der Waals surface area (Å²) in [5.74, 6) is 0.200. The van der Waals surface area contributed by atoms with Crippen molar-refractivity contribution in [3.63, 3.8) is 0 Å². The smallest absolute Gasteiger partial charge is 0.217 e. The van der Waals surface area contributed by atoms with E-state index in [1.165, 1.54) is 5.56 Å². The molecular formula is C29H29BrN2O2. The Bertz CT molecular complexity index is 1320. The van der Waals surface area contributed by atoms with E-state index in [4.69, 9.17) is 9.72 Å². The lowest BCUT2D eigenvalue weighted by molar-refractivity contribution is -0.0355. The molecule has 1 aliphatic rings. The number of fused-ring (bicyclic) bond motifs is 2. The van der Waals surface area contributed by atoms with E-state index in [0.29, 0.717) is 5.88 Å². The first kappa shape index (κ1) is 23.0. The van der Waals surface area contributed by atoms with Gasteiger partial charge in [-0.3, -0.25) is 0 Å². The minimum absolute atomic E-state index is 0.00742. The molecule has 0 radical (unpaired) electrons. The average Bonchev–Trinajstić information content (AvgIpc) is 3.11. The summed E-state index contributed by atoms with van der Waals surface area (Å²) in [5.41, 5.74) is 3.86. The van der Waals surface area contributed by atoms with Crippen LogP contribution in [0.25, 0.3) is 10.9 Å². The quantitative estimate of drug-likeness (QED) is 0.353. The van der Waals surface area contributed by atoms with Gasteiger partial charge in [0.2, 0.25) is 5.88 Å². The molecule has 0 unspecified atom stereocenters. The Morgan fingerprint density at radius 3 is 2.53 bits per heavy atom. The number of hydrogen-bond donors (Lipinski definition) is 1. The van der Waals surface area contributed by atoms with Gasteiger partial charge in [0.1, 0.15) is 5.60 Å². The summed E-state index contributed by atoms with van der Waals surface area (Å²) in [5, 5.41) is 13.9. The molecule has 0 spiro atoms. The summed E-state index contributed by atoms with van der Waals surface area (Å²) in [7, 11) is 5.79. The monoisotopic (exact) mass is 516 g/mol. The largest absolute Gasteiger partial charge is 0.481 e. The van der Waals surface area contributed by atoms with Crippen molar-refractivity contribution in [2.45, 2.75) is 17.9 Å². The van der Waals surface area contributed by atoms with E-state index < -0.39 is 5.60 Å². The average molecular weight is 517 g/mol. The second-order valence-electron chi connectivity index (χ2n) is 9.41. The zero-order chi connectivity index (χ0) is 23.9. The van der Waals surface area contributed by atoms with E-state index in [2.05, 4.69) is 77.4 Å². The number of aromatic nitrogens is 1. The van der Waals surface area contributed by atoms with Gasteiger partial charge in [-0.05, 0) is 61.5 Å². The van der Waals surface area contributed by atoms with Crippen LogP contribution in [0.2, 0.25) is 0 Å². The molecule has 0 amide bonds. The molecule has 0 saturated heterocycles. The van der Waals surface area contributed by atoms with Crippen LogP contribution in [-0.4, -0.2) is 42.7 Å². The fraction of sp³-hybridized carbons (Fsp3) is 0.276. The Labute approximate surface area is 209 Å². The summed E-state index contributed by atoms with van der Waals surface area (Å²) in [4.78, 5) is 7.02. The molecule has 0 saturated carbocycles. The second-order valence-corrected chi connectivity index (χ2v) is 10.3. The zero-order valence-corrected chi connectivity index (χ0v) is 21.3. The van der Waals surface area contributed by atoms with Gasteiger partial charge in [0.15, 0.2) is 0 Å². The van der Waals surface area contributed by atoms with E-state index in [1.54, 1.807) is 7.11 Å². The summed E-state index contributed by atoms with van der Waals surface area (Å²) >= 11 is 3.60. The summed E-state index contributed by atoms with van der Waals surface area (Å²) in [6.07, 6.45) is 0.822. The molecule has 0 aliphatic heterocycles. The highest BCUT2D eigenvalue weighted by Gasteiger charge is 2.52. The third-order valence-corrected chi connectivity index (χ3v) is 7.46. The first-order valence-electron chi connectivity index (χ1n) is 11.6. The summed E-state index contributed by atoms with van der Waals surface area (Å²) in [6, 6.07) is 26.8. The maximum atomic E-state index is 12.8. The first-order chi connectivity index (χ1) is 16.4. The van der Waals surface area contributed by atoms with Crippen LogP contribution in [0.3, 0.4) is 0 Å². The summed E-state index contributed by atoms with van der Waals surface area (Å²) < 4.78 is 6.84. The number of hydrogen-bond acceptors (Lipinski definition) is 4. The number of ether oxygens (including phenoxy) is 1. The molecule has 5 rings (SSSR count). The highest BCUT2D eigenvalue weighted by atomic mass is 79.9. The number of benzene rings is 3. The summed E-state index contributed by atoms with van der Waals surface area (Å²) in [6.45, 7) is 0.767. The van der Waals surface area contributed by atoms with Crippen molar-refractivity contribution in [3.8, 4) is 5.88 Å². The predicted molar refractivity (Wildman–Crippen MR) is 140 cm³/mol. The Balaban J connectivity index is 1.81. The third-order valence-electron chi connectivity index (χ3n) is 6.97. The van der Waals surface area contributed by atoms with E-state index >= 15 is 0 Å². The molecule has 3 atom stereocenters. The van der Waals surface area contributed by atoms with Crippen molar-refractivity contribution in [1.82, 2.24) is 9.88 Å². The molecule has 0 bridgehead atoms. The van der Waals surface area contributed by atoms with Gasteiger partial charge in [0, 0.05) is 33.8 Å². The van der Waals surface area contributed by atoms with Crippen LogP contribution < -0.4 is 4.74 Å². The van der Waals surface area contributed by atoms with E-state index in [-0.39, 0.29) is 11.8 Å². The van der Waals surface area contributed by atoms with Gasteiger partial charge in [-0.2, -0.15) is 0 Å². The second kappa shape index (κ2) is 9.14. The molecule has 34 heavy (non-hydrogen) atoms. The SMILES string of the molecule is COc1nc2ccc(Br)cc2cc1[C@H](c1ccccc1)[C@@]1(O)c2ccccc2C[C@@H]1CN(C)C. The van der Waals surface area contributed by atoms with Gasteiger partial charge in [-0.25, -0.2) is 4.98 Å². The van der Waals surface area contributed by atoms with Crippen LogP contribution in [0.1, 0.15) is 28.2 Å². The molecule has 4 aromatic rings. The molecule has 5 heteroatoms. The molecule has 1 heterocycles. The first-order valence-corrected chi connectivity index (χ1v) is 12.4. The molecule has 1 aliphatic carbocycles. The Hall–Kier alpha value is -2.73. The molecular weight excluding hydrogens is 488 g/mol. The van der Waals surface area contributed by atoms with Crippen molar-refractivity contribution in [3.05, 3.63) is 106 Å². The van der Waals surface area contributed by atoms with Gasteiger partial charge in [0.25, 0.3) is 0 Å². The fourth-order valence-electron chi connectivity index (χ4n) is 5.60. The highest BCUT2D eigenvalue weighted by molar-refractivity contribution is 9.10. The van der Waals surface area contributed by atoms with Crippen LogP contribution in [0, 0.1) is 5.92 Å². The fourth-order valence-corrected chi connectivity index (χ4v) is 5.98. The number of nitrogens with zero attached hydrogens (tertiary/aromatic N) is 2. The van der Waals surface area contributed by atoms with Gasteiger partial charge in [0.05, 0.1) is 12.6 Å². The van der Waals surface area contributed by atoms with E-state index in [0.717, 1.165) is 45.0 Å². The number of rotatable bonds is 6. The zero-order valence-electron chi connectivity index (χ0n) is 19.7. The van der Waals surface area contributed by atoms with Crippen molar-refractivity contribution < 1.29 is 9.84 Å². The molecule has 0 fully saturated rings. The molecule has 1 N–H and O–H groups in total. The van der Waals surface area contributed by atoms with Crippen LogP contribution >= 0.6 is 15.9 Å².